The molecule has 3 heteroatoms. The zero-order valence-electron chi connectivity index (χ0n) is 12.0. The maximum absolute atomic E-state index is 9.84. The molecular formula is C14H28O2Si. The van der Waals surface area contributed by atoms with Gasteiger partial charge in [-0.2, -0.15) is 0 Å². The van der Waals surface area contributed by atoms with Gasteiger partial charge < -0.3 is 9.53 Å². The summed E-state index contributed by atoms with van der Waals surface area (Å²) in [6.07, 6.45) is 2.58. The molecule has 0 saturated heterocycles. The van der Waals surface area contributed by atoms with E-state index in [1.54, 1.807) is 6.08 Å². The molecule has 0 radical (unpaired) electrons. The lowest BCUT2D eigenvalue weighted by molar-refractivity contribution is 0.162. The van der Waals surface area contributed by atoms with Crippen LogP contribution in [0.3, 0.4) is 0 Å². The Bertz CT molecular complexity index is 264. The SMILES string of the molecule is C=CCC(=C)C(O)CCO[Si](C)(C)C(C)(C)C. The largest absolute Gasteiger partial charge is 0.417 e. The molecule has 0 amide bonds. The van der Waals surface area contributed by atoms with Gasteiger partial charge in [-0.15, -0.1) is 6.58 Å². The average molecular weight is 256 g/mol. The van der Waals surface area contributed by atoms with E-state index in [0.29, 0.717) is 19.4 Å². The first-order valence-electron chi connectivity index (χ1n) is 6.22. The number of hydrogen-bond donors (Lipinski definition) is 1. The third-order valence-electron chi connectivity index (χ3n) is 3.54. The maximum Gasteiger partial charge on any atom is 0.191 e. The molecule has 0 rings (SSSR count). The van der Waals surface area contributed by atoms with Crippen molar-refractivity contribution in [1.82, 2.24) is 0 Å². The Labute approximate surface area is 108 Å². The lowest BCUT2D eigenvalue weighted by Crippen LogP contribution is -2.41. The van der Waals surface area contributed by atoms with Crippen molar-refractivity contribution < 1.29 is 9.53 Å². The number of rotatable bonds is 7. The van der Waals surface area contributed by atoms with Crippen LogP contribution in [-0.2, 0) is 4.43 Å². The van der Waals surface area contributed by atoms with Crippen LogP contribution < -0.4 is 0 Å². The fraction of sp³-hybridized carbons (Fsp3) is 0.714. The lowest BCUT2D eigenvalue weighted by Gasteiger charge is -2.36. The van der Waals surface area contributed by atoms with Gasteiger partial charge in [0.1, 0.15) is 0 Å². The second kappa shape index (κ2) is 6.52. The van der Waals surface area contributed by atoms with Crippen LogP contribution in [0.1, 0.15) is 33.6 Å². The zero-order chi connectivity index (χ0) is 13.7. The third-order valence-corrected chi connectivity index (χ3v) is 8.08. The van der Waals surface area contributed by atoms with Crippen molar-refractivity contribution in [2.24, 2.45) is 0 Å². The summed E-state index contributed by atoms with van der Waals surface area (Å²) in [6.45, 7) is 19.2. The average Bonchev–Trinajstić information content (AvgIpc) is 2.15. The first-order chi connectivity index (χ1) is 7.62. The number of aliphatic hydroxyl groups is 1. The highest BCUT2D eigenvalue weighted by molar-refractivity contribution is 6.74. The third kappa shape index (κ3) is 5.66. The van der Waals surface area contributed by atoms with Crippen molar-refractivity contribution >= 4 is 8.32 Å². The van der Waals surface area contributed by atoms with E-state index in [9.17, 15) is 5.11 Å². The van der Waals surface area contributed by atoms with Gasteiger partial charge in [0.2, 0.25) is 0 Å². The highest BCUT2D eigenvalue weighted by atomic mass is 28.4. The Morgan fingerprint density at radius 2 is 1.94 bits per heavy atom. The Balaban J connectivity index is 4.07. The van der Waals surface area contributed by atoms with Crippen LogP contribution in [-0.4, -0.2) is 26.1 Å². The summed E-state index contributed by atoms with van der Waals surface area (Å²) >= 11 is 0. The van der Waals surface area contributed by atoms with Crippen molar-refractivity contribution in [3.63, 3.8) is 0 Å². The zero-order valence-corrected chi connectivity index (χ0v) is 13.0. The number of allylic oxidation sites excluding steroid dienone is 1. The van der Waals surface area contributed by atoms with Crippen molar-refractivity contribution in [2.45, 2.75) is 57.8 Å². The lowest BCUT2D eigenvalue weighted by atomic mass is 10.1. The molecule has 1 N–H and O–H groups in total. The van der Waals surface area contributed by atoms with Crippen LogP contribution in [0.2, 0.25) is 18.1 Å². The summed E-state index contributed by atoms with van der Waals surface area (Å²) < 4.78 is 6.00. The van der Waals surface area contributed by atoms with E-state index in [1.807, 2.05) is 0 Å². The molecule has 0 aliphatic heterocycles. The minimum Gasteiger partial charge on any atom is -0.417 e. The number of aliphatic hydroxyl groups excluding tert-OH is 1. The second-order valence-electron chi connectivity index (χ2n) is 6.06. The Morgan fingerprint density at radius 3 is 2.35 bits per heavy atom. The predicted molar refractivity (Wildman–Crippen MR) is 77.7 cm³/mol. The summed E-state index contributed by atoms with van der Waals surface area (Å²) in [5, 5.41) is 10.1. The van der Waals surface area contributed by atoms with E-state index in [0.717, 1.165) is 5.57 Å². The Kier molecular flexibility index (Phi) is 6.38. The summed E-state index contributed by atoms with van der Waals surface area (Å²) in [5.74, 6) is 0. The highest BCUT2D eigenvalue weighted by Crippen LogP contribution is 2.36. The Morgan fingerprint density at radius 1 is 1.41 bits per heavy atom. The van der Waals surface area contributed by atoms with Crippen molar-refractivity contribution in [3.05, 3.63) is 24.8 Å². The Hall–Kier alpha value is -0.383. The molecule has 0 spiro atoms. The molecule has 0 aromatic carbocycles. The fourth-order valence-corrected chi connectivity index (χ4v) is 2.23. The van der Waals surface area contributed by atoms with Gasteiger partial charge in [-0.1, -0.05) is 33.4 Å². The van der Waals surface area contributed by atoms with Crippen molar-refractivity contribution in [2.75, 3.05) is 6.61 Å². The monoisotopic (exact) mass is 256 g/mol. The van der Waals surface area contributed by atoms with Gasteiger partial charge >= 0.3 is 0 Å². The van der Waals surface area contributed by atoms with Crippen LogP contribution in [0.4, 0.5) is 0 Å². The van der Waals surface area contributed by atoms with Crippen LogP contribution in [0, 0.1) is 0 Å². The molecule has 0 heterocycles. The van der Waals surface area contributed by atoms with E-state index < -0.39 is 14.4 Å². The van der Waals surface area contributed by atoms with Gasteiger partial charge in [-0.25, -0.2) is 0 Å². The van der Waals surface area contributed by atoms with E-state index in [2.05, 4.69) is 47.0 Å². The molecule has 0 bridgehead atoms. The predicted octanol–water partition coefficient (Wildman–Crippen LogP) is 3.89. The van der Waals surface area contributed by atoms with Crippen LogP contribution >= 0.6 is 0 Å². The molecule has 1 unspecified atom stereocenters. The quantitative estimate of drug-likeness (QED) is 0.553. The molecule has 0 aromatic heterocycles. The maximum atomic E-state index is 9.84. The number of hydrogen-bond acceptors (Lipinski definition) is 2. The minimum atomic E-state index is -1.69. The molecule has 2 nitrogen and oxygen atoms in total. The normalized spacial score (nSPS) is 14.5. The smallest absolute Gasteiger partial charge is 0.191 e. The summed E-state index contributed by atoms with van der Waals surface area (Å²) in [5.41, 5.74) is 0.818. The van der Waals surface area contributed by atoms with E-state index >= 15 is 0 Å². The standard InChI is InChI=1S/C14H28O2Si/c1-8-9-12(2)13(15)10-11-16-17(6,7)14(3,4)5/h8,13,15H,1-2,9-11H2,3-7H3. The van der Waals surface area contributed by atoms with Crippen LogP contribution in [0.25, 0.3) is 0 Å². The van der Waals surface area contributed by atoms with Crippen molar-refractivity contribution in [1.29, 1.82) is 0 Å². The summed E-state index contributed by atoms with van der Waals surface area (Å²) in [6, 6.07) is 0. The summed E-state index contributed by atoms with van der Waals surface area (Å²) in [4.78, 5) is 0. The molecule has 100 valence electrons. The van der Waals surface area contributed by atoms with Gasteiger partial charge in [-0.05, 0) is 36.5 Å². The molecule has 0 aromatic rings. The molecule has 0 aliphatic rings. The molecule has 0 fully saturated rings. The molecule has 0 saturated carbocycles. The van der Waals surface area contributed by atoms with Crippen LogP contribution in [0.15, 0.2) is 24.8 Å². The topological polar surface area (TPSA) is 29.5 Å². The van der Waals surface area contributed by atoms with Gasteiger partial charge in [-0.3, -0.25) is 0 Å². The second-order valence-corrected chi connectivity index (χ2v) is 10.9. The summed E-state index contributed by atoms with van der Waals surface area (Å²) in [7, 11) is -1.69. The fourth-order valence-electron chi connectivity index (χ4n) is 1.17. The van der Waals surface area contributed by atoms with E-state index in [-0.39, 0.29) is 5.04 Å². The highest BCUT2D eigenvalue weighted by Gasteiger charge is 2.36. The first kappa shape index (κ1) is 16.6. The molecular weight excluding hydrogens is 228 g/mol. The van der Waals surface area contributed by atoms with Gasteiger partial charge in [0.25, 0.3) is 0 Å². The van der Waals surface area contributed by atoms with Gasteiger partial charge in [0, 0.05) is 6.61 Å². The molecule has 0 aliphatic carbocycles. The van der Waals surface area contributed by atoms with E-state index in [1.165, 1.54) is 0 Å². The van der Waals surface area contributed by atoms with Gasteiger partial charge in [0.05, 0.1) is 6.10 Å². The van der Waals surface area contributed by atoms with E-state index in [4.69, 9.17) is 4.43 Å². The first-order valence-corrected chi connectivity index (χ1v) is 9.13. The van der Waals surface area contributed by atoms with Crippen LogP contribution in [0.5, 0.6) is 0 Å². The molecule has 1 atom stereocenters. The molecule has 17 heavy (non-hydrogen) atoms. The van der Waals surface area contributed by atoms with Gasteiger partial charge in [0.15, 0.2) is 8.32 Å². The minimum absolute atomic E-state index is 0.218. The van der Waals surface area contributed by atoms with Crippen molar-refractivity contribution in [3.8, 4) is 0 Å².